The molecule has 1 fully saturated rings. The molecule has 1 heterocycles. The number of hydrogen-bond acceptors (Lipinski definition) is 3. The van der Waals surface area contributed by atoms with E-state index < -0.39 is 0 Å². The van der Waals surface area contributed by atoms with E-state index in [4.69, 9.17) is 4.98 Å². The summed E-state index contributed by atoms with van der Waals surface area (Å²) in [6.45, 7) is 0. The zero-order valence-corrected chi connectivity index (χ0v) is 12.1. The summed E-state index contributed by atoms with van der Waals surface area (Å²) < 4.78 is 0. The third-order valence-electron chi connectivity index (χ3n) is 3.99. The molecule has 0 saturated heterocycles. The third kappa shape index (κ3) is 2.88. The fourth-order valence-corrected chi connectivity index (χ4v) is 3.54. The molecule has 1 aliphatic rings. The summed E-state index contributed by atoms with van der Waals surface area (Å²) in [6.07, 6.45) is 5.02. The first kappa shape index (κ1) is 12.8. The number of benzene rings is 1. The quantitative estimate of drug-likeness (QED) is 0.892. The third-order valence-corrected chi connectivity index (χ3v) is 5.04. The van der Waals surface area contributed by atoms with Crippen molar-refractivity contribution >= 4 is 11.3 Å². The molecule has 1 atom stereocenters. The van der Waals surface area contributed by atoms with E-state index in [0.29, 0.717) is 6.04 Å². The number of nitrogens with one attached hydrogen (secondary N) is 1. The van der Waals surface area contributed by atoms with Gasteiger partial charge in [-0.15, -0.1) is 11.3 Å². The van der Waals surface area contributed by atoms with Gasteiger partial charge in [0, 0.05) is 23.8 Å². The van der Waals surface area contributed by atoms with Gasteiger partial charge in [-0.2, -0.15) is 0 Å². The molecule has 2 nitrogen and oxygen atoms in total. The van der Waals surface area contributed by atoms with Gasteiger partial charge < -0.3 is 5.32 Å². The molecule has 0 spiro atoms. The number of thiazole rings is 1. The molecular weight excluding hydrogens is 252 g/mol. The van der Waals surface area contributed by atoms with Crippen molar-refractivity contribution < 1.29 is 0 Å². The number of aromatic nitrogens is 1. The van der Waals surface area contributed by atoms with E-state index in [0.717, 1.165) is 12.3 Å². The van der Waals surface area contributed by atoms with Crippen LogP contribution in [0, 0.1) is 0 Å². The highest BCUT2D eigenvalue weighted by atomic mass is 32.1. The van der Waals surface area contributed by atoms with Gasteiger partial charge in [0.1, 0.15) is 0 Å². The molecular formula is C16H20N2S. The van der Waals surface area contributed by atoms with Crippen molar-refractivity contribution in [3.05, 3.63) is 52.0 Å². The fourth-order valence-electron chi connectivity index (χ4n) is 2.54. The minimum atomic E-state index is 0.359. The predicted molar refractivity (Wildman–Crippen MR) is 80.7 cm³/mol. The molecule has 1 unspecified atom stereocenters. The van der Waals surface area contributed by atoms with Crippen molar-refractivity contribution in [2.75, 3.05) is 7.05 Å². The fraction of sp³-hybridized carbons (Fsp3) is 0.438. The van der Waals surface area contributed by atoms with Crippen molar-refractivity contribution in [1.82, 2.24) is 10.3 Å². The number of nitrogens with zero attached hydrogens (tertiary/aromatic N) is 1. The van der Waals surface area contributed by atoms with Gasteiger partial charge in [-0.3, -0.25) is 0 Å². The maximum Gasteiger partial charge on any atom is 0.0959 e. The number of rotatable bonds is 5. The second-order valence-electron chi connectivity index (χ2n) is 5.26. The second-order valence-corrected chi connectivity index (χ2v) is 6.15. The van der Waals surface area contributed by atoms with E-state index in [9.17, 15) is 0 Å². The van der Waals surface area contributed by atoms with Crippen molar-refractivity contribution in [2.45, 2.75) is 37.6 Å². The lowest BCUT2D eigenvalue weighted by Crippen LogP contribution is -2.19. The molecule has 19 heavy (non-hydrogen) atoms. The zero-order chi connectivity index (χ0) is 13.1. The average molecular weight is 272 g/mol. The first-order valence-corrected chi connectivity index (χ1v) is 7.91. The molecule has 1 saturated carbocycles. The molecule has 100 valence electrons. The summed E-state index contributed by atoms with van der Waals surface area (Å²) in [7, 11) is 2.02. The van der Waals surface area contributed by atoms with E-state index in [2.05, 4.69) is 41.0 Å². The lowest BCUT2D eigenvalue weighted by Gasteiger charge is -2.22. The van der Waals surface area contributed by atoms with Crippen molar-refractivity contribution in [3.8, 4) is 0 Å². The first-order chi connectivity index (χ1) is 9.36. The van der Waals surface area contributed by atoms with Crippen LogP contribution in [0.25, 0.3) is 0 Å². The molecule has 0 radical (unpaired) electrons. The Morgan fingerprint density at radius 3 is 2.74 bits per heavy atom. The predicted octanol–water partition coefficient (Wildman–Crippen LogP) is 3.91. The van der Waals surface area contributed by atoms with Gasteiger partial charge >= 0.3 is 0 Å². The Kier molecular flexibility index (Phi) is 3.95. The highest BCUT2D eigenvalue weighted by Gasteiger charge is 2.23. The second kappa shape index (κ2) is 5.85. The molecule has 1 aromatic carbocycles. The highest BCUT2D eigenvalue weighted by molar-refractivity contribution is 7.09. The number of hydrogen-bond donors (Lipinski definition) is 1. The summed E-state index contributed by atoms with van der Waals surface area (Å²) in [4.78, 5) is 4.82. The SMILES string of the molecule is CNC(Cc1csc(C2CCC2)n1)c1ccccc1. The van der Waals surface area contributed by atoms with Gasteiger partial charge in [-0.1, -0.05) is 36.8 Å². The largest absolute Gasteiger partial charge is 0.313 e. The van der Waals surface area contributed by atoms with E-state index in [-0.39, 0.29) is 0 Å². The van der Waals surface area contributed by atoms with Crippen molar-refractivity contribution in [1.29, 1.82) is 0 Å². The van der Waals surface area contributed by atoms with Crippen LogP contribution in [0.2, 0.25) is 0 Å². The van der Waals surface area contributed by atoms with Gasteiger partial charge in [-0.25, -0.2) is 4.98 Å². The molecule has 1 aromatic heterocycles. The van der Waals surface area contributed by atoms with Crippen molar-refractivity contribution in [2.24, 2.45) is 0 Å². The van der Waals surface area contributed by atoms with Crippen LogP contribution in [-0.4, -0.2) is 12.0 Å². The standard InChI is InChI=1S/C16H20N2S/c1-17-15(12-6-3-2-4-7-12)10-14-11-19-16(18-14)13-8-5-9-13/h2-4,6-7,11,13,15,17H,5,8-10H2,1H3. The molecule has 1 aliphatic carbocycles. The van der Waals surface area contributed by atoms with E-state index in [1.807, 2.05) is 18.4 Å². The van der Waals surface area contributed by atoms with Gasteiger partial charge in [0.15, 0.2) is 0 Å². The Balaban J connectivity index is 1.70. The van der Waals surface area contributed by atoms with E-state index in [1.165, 1.54) is 35.5 Å². The van der Waals surface area contributed by atoms with E-state index in [1.54, 1.807) is 0 Å². The molecule has 3 rings (SSSR count). The van der Waals surface area contributed by atoms with Crippen LogP contribution in [0.5, 0.6) is 0 Å². The monoisotopic (exact) mass is 272 g/mol. The Bertz CT molecular complexity index is 517. The van der Waals surface area contributed by atoms with Crippen LogP contribution < -0.4 is 5.32 Å². The van der Waals surface area contributed by atoms with Crippen LogP contribution in [-0.2, 0) is 6.42 Å². The van der Waals surface area contributed by atoms with E-state index >= 15 is 0 Å². The van der Waals surface area contributed by atoms with Crippen molar-refractivity contribution in [3.63, 3.8) is 0 Å². The van der Waals surface area contributed by atoms with Gasteiger partial charge in [0.05, 0.1) is 10.7 Å². The summed E-state index contributed by atoms with van der Waals surface area (Å²) in [5.74, 6) is 0.753. The summed E-state index contributed by atoms with van der Waals surface area (Å²) >= 11 is 1.84. The Morgan fingerprint density at radius 1 is 1.32 bits per heavy atom. The maximum atomic E-state index is 4.82. The minimum Gasteiger partial charge on any atom is -0.313 e. The topological polar surface area (TPSA) is 24.9 Å². The minimum absolute atomic E-state index is 0.359. The number of likely N-dealkylation sites (N-methyl/N-ethyl adjacent to an activating group) is 1. The summed E-state index contributed by atoms with van der Waals surface area (Å²) in [5.41, 5.74) is 2.57. The lowest BCUT2D eigenvalue weighted by molar-refractivity contribution is 0.417. The zero-order valence-electron chi connectivity index (χ0n) is 11.3. The smallest absolute Gasteiger partial charge is 0.0959 e. The highest BCUT2D eigenvalue weighted by Crippen LogP contribution is 2.38. The van der Waals surface area contributed by atoms with Crippen LogP contribution in [0.4, 0.5) is 0 Å². The first-order valence-electron chi connectivity index (χ1n) is 7.03. The Hall–Kier alpha value is -1.19. The van der Waals surface area contributed by atoms with Gasteiger partial charge in [0.25, 0.3) is 0 Å². The van der Waals surface area contributed by atoms with Crippen LogP contribution in [0.15, 0.2) is 35.7 Å². The molecule has 0 bridgehead atoms. The average Bonchev–Trinajstić information content (AvgIpc) is 2.83. The van der Waals surface area contributed by atoms with Crippen LogP contribution >= 0.6 is 11.3 Å². The van der Waals surface area contributed by atoms with Gasteiger partial charge in [0.2, 0.25) is 0 Å². The Labute approximate surface area is 118 Å². The molecule has 2 aromatic rings. The maximum absolute atomic E-state index is 4.82. The molecule has 0 amide bonds. The molecule has 3 heteroatoms. The summed E-state index contributed by atoms with van der Waals surface area (Å²) in [6, 6.07) is 11.0. The lowest BCUT2D eigenvalue weighted by atomic mass is 9.86. The Morgan fingerprint density at radius 2 is 2.11 bits per heavy atom. The normalized spacial score (nSPS) is 17.1. The van der Waals surface area contributed by atoms with Gasteiger partial charge in [-0.05, 0) is 25.5 Å². The molecule has 1 N–H and O–H groups in total. The molecule has 0 aliphatic heterocycles. The van der Waals surface area contributed by atoms with Crippen LogP contribution in [0.3, 0.4) is 0 Å². The summed E-state index contributed by atoms with van der Waals surface area (Å²) in [5, 5.41) is 6.99. The van der Waals surface area contributed by atoms with Crippen LogP contribution in [0.1, 0.15) is 47.5 Å².